The van der Waals surface area contributed by atoms with Crippen molar-refractivity contribution in [1.82, 2.24) is 9.97 Å². The highest BCUT2D eigenvalue weighted by Crippen LogP contribution is 2.27. The summed E-state index contributed by atoms with van der Waals surface area (Å²) in [5.74, 6) is 1.32. The molecule has 1 heterocycles. The number of aromatic nitrogens is 2. The molecule has 0 saturated carbocycles. The fourth-order valence-electron chi connectivity index (χ4n) is 2.31. The van der Waals surface area contributed by atoms with Crippen LogP contribution in [-0.2, 0) is 0 Å². The first-order chi connectivity index (χ1) is 12.7. The molecule has 0 bridgehead atoms. The number of fused-ring (bicyclic) bond motifs is 1. The lowest BCUT2D eigenvalue weighted by atomic mass is 10.2. The molecular weight excluding hydrogens is 368 g/mol. The molecule has 7 nitrogen and oxygen atoms in total. The molecule has 0 spiro atoms. The van der Waals surface area contributed by atoms with E-state index in [0.717, 1.165) is 5.56 Å². The quantitative estimate of drug-likeness (QED) is 0.369. The van der Waals surface area contributed by atoms with Crippen molar-refractivity contribution in [2.24, 2.45) is 5.10 Å². The van der Waals surface area contributed by atoms with E-state index >= 15 is 0 Å². The molecule has 0 radical (unpaired) electrons. The average Bonchev–Trinajstić information content (AvgIpc) is 2.67. The highest BCUT2D eigenvalue weighted by atomic mass is 35.5. The maximum Gasteiger partial charge on any atom is 0.293 e. The van der Waals surface area contributed by atoms with E-state index < -0.39 is 0 Å². The van der Waals surface area contributed by atoms with E-state index in [0.29, 0.717) is 29.1 Å². The van der Waals surface area contributed by atoms with Gasteiger partial charge in [-0.05, 0) is 35.9 Å². The SMILES string of the molecule is C=CCOc1ccc(C=NNc2nc3ccccc3[nH]c2=O)cc1OC.Cl. The summed E-state index contributed by atoms with van der Waals surface area (Å²) in [6, 6.07) is 12.7. The van der Waals surface area contributed by atoms with Crippen molar-refractivity contribution in [2.75, 3.05) is 19.1 Å². The van der Waals surface area contributed by atoms with Crippen molar-refractivity contribution >= 4 is 35.5 Å². The Labute approximate surface area is 162 Å². The highest BCUT2D eigenvalue weighted by molar-refractivity contribution is 5.85. The molecule has 3 aromatic rings. The zero-order valence-electron chi connectivity index (χ0n) is 14.6. The molecule has 0 atom stereocenters. The van der Waals surface area contributed by atoms with Crippen LogP contribution in [-0.4, -0.2) is 29.9 Å². The highest BCUT2D eigenvalue weighted by Gasteiger charge is 2.05. The molecule has 140 valence electrons. The van der Waals surface area contributed by atoms with Crippen LogP contribution >= 0.6 is 12.4 Å². The summed E-state index contributed by atoms with van der Waals surface area (Å²) in [6.07, 6.45) is 3.23. The first kappa shape index (κ1) is 20.0. The summed E-state index contributed by atoms with van der Waals surface area (Å²) in [5, 5.41) is 4.08. The Morgan fingerprint density at radius 1 is 1.26 bits per heavy atom. The molecule has 0 unspecified atom stereocenters. The normalized spacial score (nSPS) is 10.4. The van der Waals surface area contributed by atoms with E-state index in [4.69, 9.17) is 9.47 Å². The smallest absolute Gasteiger partial charge is 0.293 e. The molecule has 1 aromatic heterocycles. The van der Waals surface area contributed by atoms with Crippen LogP contribution in [0.4, 0.5) is 5.82 Å². The summed E-state index contributed by atoms with van der Waals surface area (Å²) < 4.78 is 10.8. The lowest BCUT2D eigenvalue weighted by Crippen LogP contribution is -2.13. The zero-order chi connectivity index (χ0) is 18.4. The van der Waals surface area contributed by atoms with Gasteiger partial charge in [-0.3, -0.25) is 10.2 Å². The van der Waals surface area contributed by atoms with Crippen LogP contribution in [0, 0.1) is 0 Å². The number of nitrogens with one attached hydrogen (secondary N) is 2. The van der Waals surface area contributed by atoms with Crippen LogP contribution in [0.1, 0.15) is 5.56 Å². The van der Waals surface area contributed by atoms with Gasteiger partial charge < -0.3 is 14.5 Å². The van der Waals surface area contributed by atoms with E-state index in [9.17, 15) is 4.79 Å². The molecule has 0 aliphatic carbocycles. The van der Waals surface area contributed by atoms with Gasteiger partial charge >= 0.3 is 0 Å². The fraction of sp³-hybridized carbons (Fsp3) is 0.105. The summed E-state index contributed by atoms with van der Waals surface area (Å²) in [6.45, 7) is 4.01. The monoisotopic (exact) mass is 386 g/mol. The van der Waals surface area contributed by atoms with Crippen LogP contribution in [0.25, 0.3) is 11.0 Å². The largest absolute Gasteiger partial charge is 0.493 e. The van der Waals surface area contributed by atoms with Gasteiger partial charge in [-0.1, -0.05) is 24.8 Å². The lowest BCUT2D eigenvalue weighted by molar-refractivity contribution is 0.326. The lowest BCUT2D eigenvalue weighted by Gasteiger charge is -2.09. The first-order valence-corrected chi connectivity index (χ1v) is 7.91. The fourth-order valence-corrected chi connectivity index (χ4v) is 2.31. The maximum atomic E-state index is 12.0. The number of aromatic amines is 1. The molecule has 2 N–H and O–H groups in total. The predicted octanol–water partition coefficient (Wildman–Crippen LogP) is 3.36. The third-order valence-electron chi connectivity index (χ3n) is 3.53. The molecule has 2 aromatic carbocycles. The van der Waals surface area contributed by atoms with Gasteiger partial charge in [-0.15, -0.1) is 12.4 Å². The molecule has 3 rings (SSSR count). The van der Waals surface area contributed by atoms with Gasteiger partial charge in [0, 0.05) is 0 Å². The number of hydrazone groups is 1. The van der Waals surface area contributed by atoms with E-state index in [-0.39, 0.29) is 23.8 Å². The number of ether oxygens (including phenoxy) is 2. The Kier molecular flexibility index (Phi) is 6.96. The second-order valence-electron chi connectivity index (χ2n) is 5.31. The number of para-hydroxylation sites is 2. The second-order valence-corrected chi connectivity index (χ2v) is 5.31. The number of benzene rings is 2. The molecule has 0 amide bonds. The maximum absolute atomic E-state index is 12.0. The number of halogens is 1. The van der Waals surface area contributed by atoms with Crippen LogP contribution in [0.2, 0.25) is 0 Å². The Hall–Kier alpha value is -3.32. The van der Waals surface area contributed by atoms with E-state index in [1.807, 2.05) is 24.3 Å². The third-order valence-corrected chi connectivity index (χ3v) is 3.53. The van der Waals surface area contributed by atoms with Gasteiger partial charge in [0.25, 0.3) is 5.56 Å². The number of rotatable bonds is 7. The van der Waals surface area contributed by atoms with Gasteiger partial charge in [-0.25, -0.2) is 4.98 Å². The first-order valence-electron chi connectivity index (χ1n) is 7.91. The van der Waals surface area contributed by atoms with Gasteiger partial charge in [-0.2, -0.15) is 5.10 Å². The zero-order valence-corrected chi connectivity index (χ0v) is 15.5. The number of methoxy groups -OCH3 is 1. The Morgan fingerprint density at radius 3 is 2.85 bits per heavy atom. The molecule has 27 heavy (non-hydrogen) atoms. The van der Waals surface area contributed by atoms with Crippen molar-refractivity contribution in [2.45, 2.75) is 0 Å². The summed E-state index contributed by atoms with van der Waals surface area (Å²) in [4.78, 5) is 19.0. The molecule has 0 saturated heterocycles. The number of H-pyrrole nitrogens is 1. The van der Waals surface area contributed by atoms with Crippen molar-refractivity contribution < 1.29 is 9.47 Å². The predicted molar refractivity (Wildman–Crippen MR) is 110 cm³/mol. The van der Waals surface area contributed by atoms with Crippen molar-refractivity contribution in [1.29, 1.82) is 0 Å². The molecule has 0 fully saturated rings. The Bertz CT molecular complexity index is 1020. The average molecular weight is 387 g/mol. The minimum absolute atomic E-state index is 0. The van der Waals surface area contributed by atoms with Crippen LogP contribution in [0.5, 0.6) is 11.5 Å². The van der Waals surface area contributed by atoms with Crippen LogP contribution in [0.15, 0.2) is 65.0 Å². The van der Waals surface area contributed by atoms with Gasteiger partial charge in [0.15, 0.2) is 11.5 Å². The van der Waals surface area contributed by atoms with Crippen molar-refractivity contribution in [3.8, 4) is 11.5 Å². The minimum atomic E-state index is -0.341. The van der Waals surface area contributed by atoms with Crippen molar-refractivity contribution in [3.05, 3.63) is 71.0 Å². The number of nitrogens with zero attached hydrogens (tertiary/aromatic N) is 2. The summed E-state index contributed by atoms with van der Waals surface area (Å²) in [5.41, 5.74) is 4.45. The molecule has 0 aliphatic rings. The van der Waals surface area contributed by atoms with E-state index in [1.54, 1.807) is 37.6 Å². The van der Waals surface area contributed by atoms with Gasteiger partial charge in [0.1, 0.15) is 6.61 Å². The minimum Gasteiger partial charge on any atom is -0.493 e. The Balaban J connectivity index is 0.00000261. The molecular formula is C19H19ClN4O3. The van der Waals surface area contributed by atoms with Gasteiger partial charge in [0.2, 0.25) is 5.82 Å². The second kappa shape index (κ2) is 9.40. The molecule has 0 aliphatic heterocycles. The van der Waals surface area contributed by atoms with Gasteiger partial charge in [0.05, 0.1) is 24.4 Å². The third kappa shape index (κ3) is 4.86. The van der Waals surface area contributed by atoms with E-state index in [1.165, 1.54) is 0 Å². The van der Waals surface area contributed by atoms with E-state index in [2.05, 4.69) is 27.1 Å². The number of hydrogen-bond donors (Lipinski definition) is 2. The summed E-state index contributed by atoms with van der Waals surface area (Å²) >= 11 is 0. The molecule has 8 heteroatoms. The number of anilines is 1. The summed E-state index contributed by atoms with van der Waals surface area (Å²) in [7, 11) is 1.56. The van der Waals surface area contributed by atoms with Crippen LogP contribution < -0.4 is 20.5 Å². The Morgan fingerprint density at radius 2 is 2.07 bits per heavy atom. The van der Waals surface area contributed by atoms with Crippen molar-refractivity contribution in [3.63, 3.8) is 0 Å². The topological polar surface area (TPSA) is 88.6 Å². The standard InChI is InChI=1S/C19H18N4O3.ClH/c1-3-10-26-16-9-8-13(11-17(16)25-2)12-20-23-18-19(24)22-15-7-5-4-6-14(15)21-18;/h3-9,11-12H,1,10H2,2H3,(H,21,23)(H,22,24);1H. The number of hydrogen-bond acceptors (Lipinski definition) is 6. The van der Waals surface area contributed by atoms with Crippen LogP contribution in [0.3, 0.4) is 0 Å².